The van der Waals surface area contributed by atoms with E-state index in [9.17, 15) is 13.2 Å². The Hall–Kier alpha value is -2.67. The number of nitrogens with one attached hydrogen (secondary N) is 2. The highest BCUT2D eigenvalue weighted by Crippen LogP contribution is 2.26. The molecule has 0 saturated heterocycles. The monoisotopic (exact) mass is 385 g/mol. The molecular formula is C20H23N3O3S. The molecule has 142 valence electrons. The van der Waals surface area contributed by atoms with Crippen LogP contribution in [0.15, 0.2) is 57.8 Å². The third-order valence-corrected chi connectivity index (χ3v) is 5.54. The van der Waals surface area contributed by atoms with Crippen molar-refractivity contribution in [2.45, 2.75) is 32.1 Å². The van der Waals surface area contributed by atoms with Gasteiger partial charge in [0, 0.05) is 23.4 Å². The summed E-state index contributed by atoms with van der Waals surface area (Å²) in [5.41, 5.74) is 1.92. The van der Waals surface area contributed by atoms with Crippen LogP contribution in [0, 0.1) is 5.41 Å². The molecule has 7 heteroatoms. The molecule has 27 heavy (non-hydrogen) atoms. The van der Waals surface area contributed by atoms with Crippen LogP contribution in [0.1, 0.15) is 43.1 Å². The highest BCUT2D eigenvalue weighted by molar-refractivity contribution is 7.90. The van der Waals surface area contributed by atoms with Gasteiger partial charge in [0.05, 0.1) is 0 Å². The first-order valence-corrected chi connectivity index (χ1v) is 10.2. The van der Waals surface area contributed by atoms with E-state index in [4.69, 9.17) is 0 Å². The quantitative estimate of drug-likeness (QED) is 0.844. The fourth-order valence-corrected chi connectivity index (χ4v) is 3.87. The Labute approximate surface area is 159 Å². The summed E-state index contributed by atoms with van der Waals surface area (Å²) in [7, 11) is -3.66. The molecule has 1 heterocycles. The molecule has 0 fully saturated rings. The summed E-state index contributed by atoms with van der Waals surface area (Å²) in [4.78, 5) is 12.4. The number of carbonyl (C=O) groups excluding carboxylic acids is 1. The molecule has 1 amide bonds. The van der Waals surface area contributed by atoms with Gasteiger partial charge in [-0.15, -0.1) is 4.40 Å². The van der Waals surface area contributed by atoms with Gasteiger partial charge in [0.25, 0.3) is 15.9 Å². The van der Waals surface area contributed by atoms with Crippen LogP contribution < -0.4 is 10.6 Å². The van der Waals surface area contributed by atoms with Gasteiger partial charge in [0.15, 0.2) is 5.84 Å². The number of hydrogen-bond donors (Lipinski definition) is 2. The van der Waals surface area contributed by atoms with Gasteiger partial charge >= 0.3 is 0 Å². The Morgan fingerprint density at radius 3 is 2.37 bits per heavy atom. The van der Waals surface area contributed by atoms with Crippen LogP contribution in [-0.4, -0.2) is 26.7 Å². The van der Waals surface area contributed by atoms with E-state index in [1.807, 2.05) is 0 Å². The second-order valence-electron chi connectivity index (χ2n) is 7.68. The minimum atomic E-state index is -3.66. The summed E-state index contributed by atoms with van der Waals surface area (Å²) < 4.78 is 28.0. The molecule has 1 aliphatic rings. The fourth-order valence-electron chi connectivity index (χ4n) is 2.69. The van der Waals surface area contributed by atoms with E-state index < -0.39 is 10.0 Å². The molecule has 0 unspecified atom stereocenters. The van der Waals surface area contributed by atoms with Gasteiger partial charge in [-0.25, -0.2) is 0 Å². The van der Waals surface area contributed by atoms with E-state index in [0.717, 1.165) is 6.42 Å². The van der Waals surface area contributed by atoms with Crippen molar-refractivity contribution in [3.63, 3.8) is 0 Å². The van der Waals surface area contributed by atoms with E-state index in [0.29, 0.717) is 23.4 Å². The van der Waals surface area contributed by atoms with Crippen molar-refractivity contribution >= 4 is 27.5 Å². The molecule has 0 spiro atoms. The fraction of sp³-hybridized carbons (Fsp3) is 0.300. The zero-order valence-electron chi connectivity index (χ0n) is 15.6. The molecule has 0 aromatic heterocycles. The first kappa shape index (κ1) is 19.1. The first-order valence-electron chi connectivity index (χ1n) is 8.75. The van der Waals surface area contributed by atoms with E-state index in [-0.39, 0.29) is 22.1 Å². The largest absolute Gasteiger partial charge is 0.352 e. The lowest BCUT2D eigenvalue weighted by Crippen LogP contribution is -2.27. The van der Waals surface area contributed by atoms with E-state index in [1.54, 1.807) is 42.5 Å². The average Bonchev–Trinajstić information content (AvgIpc) is 2.85. The Morgan fingerprint density at radius 1 is 1.04 bits per heavy atom. The Kier molecular flexibility index (Phi) is 5.06. The van der Waals surface area contributed by atoms with Crippen molar-refractivity contribution in [2.75, 3.05) is 11.9 Å². The normalized spacial score (nSPS) is 15.0. The number of amidine groups is 1. The average molecular weight is 385 g/mol. The van der Waals surface area contributed by atoms with Crippen molar-refractivity contribution in [3.8, 4) is 0 Å². The van der Waals surface area contributed by atoms with Crippen LogP contribution in [0.4, 0.5) is 5.69 Å². The van der Waals surface area contributed by atoms with Gasteiger partial charge in [0.2, 0.25) is 0 Å². The summed E-state index contributed by atoms with van der Waals surface area (Å²) in [6.45, 7) is 7.00. The van der Waals surface area contributed by atoms with Gasteiger partial charge in [-0.1, -0.05) is 32.9 Å². The number of amides is 1. The molecule has 0 radical (unpaired) electrons. The number of anilines is 1. The molecular weight excluding hydrogens is 362 g/mol. The molecule has 2 aromatic carbocycles. The van der Waals surface area contributed by atoms with Crippen LogP contribution in [0.25, 0.3) is 0 Å². The first-order chi connectivity index (χ1) is 12.7. The van der Waals surface area contributed by atoms with E-state index in [1.165, 1.54) is 6.07 Å². The summed E-state index contributed by atoms with van der Waals surface area (Å²) in [6, 6.07) is 13.5. The van der Waals surface area contributed by atoms with Crippen molar-refractivity contribution in [2.24, 2.45) is 9.81 Å². The Morgan fingerprint density at radius 2 is 1.70 bits per heavy atom. The maximum atomic E-state index is 12.2. The number of sulfonamides is 1. The van der Waals surface area contributed by atoms with Crippen molar-refractivity contribution < 1.29 is 13.2 Å². The third-order valence-electron chi connectivity index (χ3n) is 4.20. The van der Waals surface area contributed by atoms with Gasteiger partial charge in [-0.3, -0.25) is 4.79 Å². The standard InChI is InChI=1S/C20H23N3O3S/c1-20(2,3)12-13-21-19(24)14-8-10-15(11-9-14)22-18-16-6-4-5-7-17(16)27(25,26)23-18/h4-11H,12-13H2,1-3H3,(H,21,24)(H,22,23). The highest BCUT2D eigenvalue weighted by atomic mass is 32.2. The summed E-state index contributed by atoms with van der Waals surface area (Å²) in [5, 5.41) is 5.93. The van der Waals surface area contributed by atoms with Crippen LogP contribution in [0.2, 0.25) is 0 Å². The lowest BCUT2D eigenvalue weighted by atomic mass is 9.92. The minimum Gasteiger partial charge on any atom is -0.352 e. The van der Waals surface area contributed by atoms with Gasteiger partial charge in [0.1, 0.15) is 4.90 Å². The minimum absolute atomic E-state index is 0.128. The van der Waals surface area contributed by atoms with E-state index >= 15 is 0 Å². The smallest absolute Gasteiger partial charge is 0.285 e. The predicted molar refractivity (Wildman–Crippen MR) is 107 cm³/mol. The lowest BCUT2D eigenvalue weighted by Gasteiger charge is -2.18. The zero-order valence-corrected chi connectivity index (χ0v) is 16.4. The lowest BCUT2D eigenvalue weighted by molar-refractivity contribution is 0.0949. The molecule has 0 saturated carbocycles. The summed E-state index contributed by atoms with van der Waals surface area (Å²) >= 11 is 0. The number of rotatable bonds is 4. The summed E-state index contributed by atoms with van der Waals surface area (Å²) in [5.74, 6) is 0.157. The van der Waals surface area contributed by atoms with Gasteiger partial charge < -0.3 is 10.6 Å². The van der Waals surface area contributed by atoms with Gasteiger partial charge in [-0.2, -0.15) is 8.42 Å². The van der Waals surface area contributed by atoms with E-state index in [2.05, 4.69) is 35.8 Å². The topological polar surface area (TPSA) is 87.6 Å². The van der Waals surface area contributed by atoms with Crippen molar-refractivity contribution in [3.05, 3.63) is 59.7 Å². The van der Waals surface area contributed by atoms with Crippen LogP contribution >= 0.6 is 0 Å². The molecule has 0 aliphatic carbocycles. The Balaban J connectivity index is 1.68. The predicted octanol–water partition coefficient (Wildman–Crippen LogP) is 3.41. The second-order valence-corrected chi connectivity index (χ2v) is 9.25. The van der Waals surface area contributed by atoms with Crippen LogP contribution in [0.5, 0.6) is 0 Å². The van der Waals surface area contributed by atoms with Gasteiger partial charge in [-0.05, 0) is 48.2 Å². The molecule has 3 rings (SSSR count). The molecule has 1 aliphatic heterocycles. The number of benzene rings is 2. The Bertz CT molecular complexity index is 988. The van der Waals surface area contributed by atoms with Crippen LogP contribution in [-0.2, 0) is 10.0 Å². The maximum absolute atomic E-state index is 12.2. The molecule has 2 aromatic rings. The number of hydrogen-bond acceptors (Lipinski definition) is 4. The van der Waals surface area contributed by atoms with Crippen molar-refractivity contribution in [1.82, 2.24) is 5.32 Å². The number of fused-ring (bicyclic) bond motifs is 1. The third kappa shape index (κ3) is 4.54. The maximum Gasteiger partial charge on any atom is 0.285 e. The number of nitrogens with zero attached hydrogens (tertiary/aromatic N) is 1. The molecule has 0 atom stereocenters. The number of carbonyl (C=O) groups is 1. The zero-order chi connectivity index (χ0) is 19.7. The molecule has 2 N–H and O–H groups in total. The van der Waals surface area contributed by atoms with Crippen molar-refractivity contribution in [1.29, 1.82) is 0 Å². The molecule has 0 bridgehead atoms. The summed E-state index contributed by atoms with van der Waals surface area (Å²) in [6.07, 6.45) is 0.895. The highest BCUT2D eigenvalue weighted by Gasteiger charge is 2.28. The molecule has 6 nitrogen and oxygen atoms in total. The second kappa shape index (κ2) is 7.15. The SMILES string of the molecule is CC(C)(C)CCNC(=O)c1ccc(NC2=NS(=O)(=O)c3ccccc32)cc1. The van der Waals surface area contributed by atoms with Crippen LogP contribution in [0.3, 0.4) is 0 Å².